The Morgan fingerprint density at radius 1 is 1.22 bits per heavy atom. The Labute approximate surface area is 138 Å². The Balaban J connectivity index is 2.65. The number of amides is 1. The highest BCUT2D eigenvalue weighted by atomic mass is 32.2. The van der Waals surface area contributed by atoms with Gasteiger partial charge < -0.3 is 5.32 Å². The van der Waals surface area contributed by atoms with Gasteiger partial charge in [-0.3, -0.25) is 4.79 Å². The fourth-order valence-corrected chi connectivity index (χ4v) is 2.76. The number of anilines is 1. The van der Waals surface area contributed by atoms with Crippen LogP contribution in [0.1, 0.15) is 26.3 Å². The second-order valence-corrected chi connectivity index (χ2v) is 8.09. The quantitative estimate of drug-likeness (QED) is 0.594. The second kappa shape index (κ2) is 8.08. The van der Waals surface area contributed by atoms with Crippen LogP contribution >= 0.6 is 0 Å². The lowest BCUT2D eigenvalue weighted by molar-refractivity contribution is -0.112. The largest absolute Gasteiger partial charge is 0.323 e. The molecule has 1 aromatic carbocycles. The van der Waals surface area contributed by atoms with Crippen LogP contribution in [0, 0.1) is 5.41 Å². The van der Waals surface area contributed by atoms with Crippen LogP contribution in [0.5, 0.6) is 0 Å². The molecule has 6 heteroatoms. The van der Waals surface area contributed by atoms with Crippen LogP contribution in [0.4, 0.5) is 5.69 Å². The SMILES string of the molecule is C=CCNS(=O)(=O)Cc1ccc(NC(=O)C=CC(C)(C)C)cc1. The molecule has 0 spiro atoms. The fourth-order valence-electron chi connectivity index (χ4n) is 1.65. The molecule has 0 fully saturated rings. The monoisotopic (exact) mass is 336 g/mol. The molecule has 0 aromatic heterocycles. The summed E-state index contributed by atoms with van der Waals surface area (Å²) in [5, 5.41) is 2.73. The van der Waals surface area contributed by atoms with Crippen LogP contribution in [-0.2, 0) is 20.6 Å². The van der Waals surface area contributed by atoms with Gasteiger partial charge in [0.15, 0.2) is 0 Å². The molecule has 0 radical (unpaired) electrons. The molecular formula is C17H24N2O3S. The first-order chi connectivity index (χ1) is 10.6. The van der Waals surface area contributed by atoms with Crippen LogP contribution in [0.15, 0.2) is 49.1 Å². The lowest BCUT2D eigenvalue weighted by atomic mass is 9.96. The van der Waals surface area contributed by atoms with Gasteiger partial charge in [0.2, 0.25) is 15.9 Å². The molecule has 126 valence electrons. The molecule has 1 rings (SSSR count). The van der Waals surface area contributed by atoms with Gasteiger partial charge >= 0.3 is 0 Å². The van der Waals surface area contributed by atoms with E-state index in [2.05, 4.69) is 16.6 Å². The first kappa shape index (κ1) is 19.1. The van der Waals surface area contributed by atoms with Crippen molar-refractivity contribution in [3.63, 3.8) is 0 Å². The van der Waals surface area contributed by atoms with Gasteiger partial charge in [0.1, 0.15) is 0 Å². The minimum absolute atomic E-state index is 0.0615. The number of carbonyl (C=O) groups excluding carboxylic acids is 1. The van der Waals surface area contributed by atoms with E-state index in [1.165, 1.54) is 12.2 Å². The van der Waals surface area contributed by atoms with Crippen LogP contribution in [-0.4, -0.2) is 20.9 Å². The highest BCUT2D eigenvalue weighted by molar-refractivity contribution is 7.88. The molecule has 2 N–H and O–H groups in total. The molecule has 0 atom stereocenters. The number of sulfonamides is 1. The van der Waals surface area contributed by atoms with Gasteiger partial charge in [0.25, 0.3) is 0 Å². The standard InChI is InChI=1S/C17H24N2O3S/c1-5-12-18-23(21,22)13-14-6-8-15(9-7-14)19-16(20)10-11-17(2,3)4/h5-11,18H,1,12-13H2,2-4H3,(H,19,20). The summed E-state index contributed by atoms with van der Waals surface area (Å²) in [6.45, 7) is 9.69. The first-order valence-electron chi connectivity index (χ1n) is 7.29. The molecule has 1 amide bonds. The summed E-state index contributed by atoms with van der Waals surface area (Å²) in [6, 6.07) is 6.72. The highest BCUT2D eigenvalue weighted by Crippen LogP contribution is 2.15. The summed E-state index contributed by atoms with van der Waals surface area (Å²) in [7, 11) is -3.38. The van der Waals surface area contributed by atoms with E-state index in [9.17, 15) is 13.2 Å². The third-order valence-corrected chi connectivity index (χ3v) is 4.08. The van der Waals surface area contributed by atoms with Crippen LogP contribution in [0.3, 0.4) is 0 Å². The maximum absolute atomic E-state index is 11.8. The maximum Gasteiger partial charge on any atom is 0.248 e. The lowest BCUT2D eigenvalue weighted by Gasteiger charge is -2.11. The number of benzene rings is 1. The van der Waals surface area contributed by atoms with Crippen molar-refractivity contribution in [3.8, 4) is 0 Å². The van der Waals surface area contributed by atoms with Gasteiger partial charge in [0, 0.05) is 12.2 Å². The lowest BCUT2D eigenvalue weighted by Crippen LogP contribution is -2.25. The summed E-state index contributed by atoms with van der Waals surface area (Å²) >= 11 is 0. The van der Waals surface area contributed by atoms with Crippen LogP contribution in [0.2, 0.25) is 0 Å². The number of hydrogen-bond donors (Lipinski definition) is 2. The van der Waals surface area contributed by atoms with E-state index in [0.29, 0.717) is 11.3 Å². The zero-order valence-electron chi connectivity index (χ0n) is 13.8. The van der Waals surface area contributed by atoms with Crippen molar-refractivity contribution in [2.45, 2.75) is 26.5 Å². The minimum Gasteiger partial charge on any atom is -0.323 e. The smallest absolute Gasteiger partial charge is 0.248 e. The molecule has 5 nitrogen and oxygen atoms in total. The van der Waals surface area contributed by atoms with Crippen molar-refractivity contribution in [1.82, 2.24) is 4.72 Å². The van der Waals surface area contributed by atoms with Gasteiger partial charge in [-0.05, 0) is 29.2 Å². The molecule has 0 saturated heterocycles. The van der Waals surface area contributed by atoms with E-state index < -0.39 is 10.0 Å². The Morgan fingerprint density at radius 3 is 2.35 bits per heavy atom. The summed E-state index contributed by atoms with van der Waals surface area (Å²) in [6.07, 6.45) is 4.81. The Kier molecular flexibility index (Phi) is 6.72. The van der Waals surface area contributed by atoms with Crippen LogP contribution in [0.25, 0.3) is 0 Å². The molecule has 0 unspecified atom stereocenters. The summed E-state index contributed by atoms with van der Waals surface area (Å²) in [5.41, 5.74) is 1.20. The van der Waals surface area contributed by atoms with E-state index >= 15 is 0 Å². The Bertz CT molecular complexity index is 669. The zero-order valence-corrected chi connectivity index (χ0v) is 14.6. The number of hydrogen-bond acceptors (Lipinski definition) is 3. The van der Waals surface area contributed by atoms with Gasteiger partial charge in [-0.2, -0.15) is 0 Å². The molecule has 23 heavy (non-hydrogen) atoms. The van der Waals surface area contributed by atoms with E-state index in [4.69, 9.17) is 0 Å². The average Bonchev–Trinajstić information content (AvgIpc) is 2.44. The highest BCUT2D eigenvalue weighted by Gasteiger charge is 2.10. The molecule has 0 aliphatic heterocycles. The Morgan fingerprint density at radius 2 is 1.83 bits per heavy atom. The molecule has 1 aromatic rings. The van der Waals surface area contributed by atoms with Crippen molar-refractivity contribution >= 4 is 21.6 Å². The third-order valence-electron chi connectivity index (χ3n) is 2.76. The number of nitrogens with one attached hydrogen (secondary N) is 2. The molecule has 0 aliphatic rings. The number of carbonyl (C=O) groups is 1. The average molecular weight is 336 g/mol. The topological polar surface area (TPSA) is 75.3 Å². The molecule has 0 bridgehead atoms. The van der Waals surface area contributed by atoms with Gasteiger partial charge in [-0.1, -0.05) is 45.1 Å². The minimum atomic E-state index is -3.38. The fraction of sp³-hybridized carbons (Fsp3) is 0.353. The summed E-state index contributed by atoms with van der Waals surface area (Å²) in [5.74, 6) is -0.327. The van der Waals surface area contributed by atoms with E-state index in [0.717, 1.165) is 0 Å². The summed E-state index contributed by atoms with van der Waals surface area (Å²) in [4.78, 5) is 11.8. The van der Waals surface area contributed by atoms with Gasteiger partial charge in [0.05, 0.1) is 5.75 Å². The summed E-state index contributed by atoms with van der Waals surface area (Å²) < 4.78 is 25.9. The van der Waals surface area contributed by atoms with Crippen LogP contribution < -0.4 is 10.0 Å². The predicted octanol–water partition coefficient (Wildman–Crippen LogP) is 2.83. The van der Waals surface area contributed by atoms with Crippen molar-refractivity contribution in [2.75, 3.05) is 11.9 Å². The predicted molar refractivity (Wildman–Crippen MR) is 94.5 cm³/mol. The molecule has 0 aliphatic carbocycles. The van der Waals surface area contributed by atoms with Crippen molar-refractivity contribution in [2.24, 2.45) is 5.41 Å². The van der Waals surface area contributed by atoms with E-state index in [1.54, 1.807) is 24.3 Å². The van der Waals surface area contributed by atoms with E-state index in [-0.39, 0.29) is 23.6 Å². The zero-order chi connectivity index (χ0) is 17.5. The number of rotatable bonds is 7. The third kappa shape index (κ3) is 8.32. The molecule has 0 heterocycles. The van der Waals surface area contributed by atoms with E-state index in [1.807, 2.05) is 26.8 Å². The molecule has 0 saturated carbocycles. The van der Waals surface area contributed by atoms with Gasteiger partial charge in [-0.25, -0.2) is 13.1 Å². The van der Waals surface area contributed by atoms with Gasteiger partial charge in [-0.15, -0.1) is 6.58 Å². The Hall–Kier alpha value is -1.92. The van der Waals surface area contributed by atoms with Crippen molar-refractivity contribution in [3.05, 3.63) is 54.6 Å². The van der Waals surface area contributed by atoms with Crippen molar-refractivity contribution < 1.29 is 13.2 Å². The molecular weight excluding hydrogens is 312 g/mol. The first-order valence-corrected chi connectivity index (χ1v) is 8.94. The normalized spacial score (nSPS) is 12.3. The van der Waals surface area contributed by atoms with Crippen molar-refractivity contribution in [1.29, 1.82) is 0 Å². The second-order valence-electron chi connectivity index (χ2n) is 6.28. The number of allylic oxidation sites excluding steroid dienone is 1. The maximum atomic E-state index is 11.8.